The Balaban J connectivity index is 1.57. The molecule has 0 radical (unpaired) electrons. The monoisotopic (exact) mass is 446 g/mol. The van der Waals surface area contributed by atoms with Crippen LogP contribution in [-0.4, -0.2) is 39.6 Å². The lowest BCUT2D eigenvalue weighted by Gasteiger charge is -2.38. The highest BCUT2D eigenvalue weighted by atomic mass is 19.4. The van der Waals surface area contributed by atoms with Crippen LogP contribution in [0.3, 0.4) is 0 Å². The summed E-state index contributed by atoms with van der Waals surface area (Å²) < 4.78 is 41.2. The van der Waals surface area contributed by atoms with Gasteiger partial charge in [-0.05, 0) is 31.4 Å². The lowest BCUT2D eigenvalue weighted by Crippen LogP contribution is -2.49. The summed E-state index contributed by atoms with van der Waals surface area (Å²) in [5.74, 6) is -0.540. The molecule has 2 aromatic heterocycles. The van der Waals surface area contributed by atoms with Crippen molar-refractivity contribution in [2.24, 2.45) is 0 Å². The van der Waals surface area contributed by atoms with E-state index in [0.29, 0.717) is 5.69 Å². The van der Waals surface area contributed by atoms with Gasteiger partial charge in [0.2, 0.25) is 0 Å². The second-order valence-electron chi connectivity index (χ2n) is 8.29. The first-order valence-electron chi connectivity index (χ1n) is 10.6. The topological polar surface area (TPSA) is 83.0 Å². The second-order valence-corrected chi connectivity index (χ2v) is 8.29. The van der Waals surface area contributed by atoms with Crippen LogP contribution in [0, 0.1) is 6.92 Å². The van der Waals surface area contributed by atoms with E-state index in [1.807, 2.05) is 12.1 Å². The molecule has 1 atom stereocenters. The zero-order valence-electron chi connectivity index (χ0n) is 17.7. The number of nitrogens with one attached hydrogen (secondary N) is 2. The molecule has 1 saturated carbocycles. The minimum Gasteiger partial charge on any atom is -0.351 e. The van der Waals surface area contributed by atoms with Gasteiger partial charge in [-0.3, -0.25) is 19.8 Å². The number of amides is 1. The van der Waals surface area contributed by atoms with E-state index in [1.165, 1.54) is 12.4 Å². The van der Waals surface area contributed by atoms with Crippen molar-refractivity contribution in [2.45, 2.75) is 56.7 Å². The SMILES string of the molecule is Cc1nccnc1N1C=C(C(=O)NCC2(c3cccnc3)CCCCC2)C(C(F)(F)F)N1. The Kier molecular flexibility index (Phi) is 6.14. The summed E-state index contributed by atoms with van der Waals surface area (Å²) in [4.78, 5) is 25.3. The summed E-state index contributed by atoms with van der Waals surface area (Å²) in [6, 6.07) is 1.68. The molecular formula is C22H25F3N6O. The smallest absolute Gasteiger partial charge is 0.351 e. The molecular weight excluding hydrogens is 421 g/mol. The first-order chi connectivity index (χ1) is 15.3. The Labute approximate surface area is 184 Å². The Morgan fingerprint density at radius 2 is 1.97 bits per heavy atom. The summed E-state index contributed by atoms with van der Waals surface area (Å²) in [5, 5.41) is 3.90. The molecule has 1 amide bonds. The molecule has 0 aromatic carbocycles. The van der Waals surface area contributed by atoms with Gasteiger partial charge in [0.1, 0.15) is 0 Å². The molecule has 32 heavy (non-hydrogen) atoms. The maximum atomic E-state index is 13.7. The molecule has 0 bridgehead atoms. The van der Waals surface area contributed by atoms with Crippen molar-refractivity contribution in [3.05, 3.63) is 60.0 Å². The van der Waals surface area contributed by atoms with Gasteiger partial charge in [-0.2, -0.15) is 13.2 Å². The van der Waals surface area contributed by atoms with E-state index in [1.54, 1.807) is 19.3 Å². The van der Waals surface area contributed by atoms with Gasteiger partial charge < -0.3 is 5.32 Å². The molecule has 3 heterocycles. The zero-order chi connectivity index (χ0) is 22.8. The fourth-order valence-corrected chi connectivity index (χ4v) is 4.48. The number of pyridine rings is 1. The molecule has 2 aromatic rings. The molecule has 2 aliphatic rings. The number of aryl methyl sites for hydroxylation is 1. The maximum Gasteiger partial charge on any atom is 0.409 e. The van der Waals surface area contributed by atoms with Crippen LogP contribution in [0.5, 0.6) is 0 Å². The van der Waals surface area contributed by atoms with E-state index in [0.717, 1.165) is 48.9 Å². The Morgan fingerprint density at radius 1 is 1.22 bits per heavy atom. The van der Waals surface area contributed by atoms with Crippen LogP contribution in [0.1, 0.15) is 43.4 Å². The van der Waals surface area contributed by atoms with Crippen molar-refractivity contribution in [1.29, 1.82) is 0 Å². The number of anilines is 1. The van der Waals surface area contributed by atoms with Crippen molar-refractivity contribution in [1.82, 2.24) is 25.7 Å². The summed E-state index contributed by atoms with van der Waals surface area (Å²) in [7, 11) is 0. The number of alkyl halides is 3. The third-order valence-electron chi connectivity index (χ3n) is 6.19. The fraction of sp³-hybridized carbons (Fsp3) is 0.455. The molecule has 1 aliphatic carbocycles. The van der Waals surface area contributed by atoms with Gasteiger partial charge in [0.25, 0.3) is 5.91 Å². The second kappa shape index (κ2) is 8.85. The van der Waals surface area contributed by atoms with Crippen LogP contribution in [0.15, 0.2) is 48.7 Å². The number of halogens is 3. The van der Waals surface area contributed by atoms with E-state index in [-0.39, 0.29) is 17.8 Å². The Hall–Kier alpha value is -3.01. The lowest BCUT2D eigenvalue weighted by atomic mass is 9.70. The van der Waals surface area contributed by atoms with Crippen LogP contribution >= 0.6 is 0 Å². The van der Waals surface area contributed by atoms with Gasteiger partial charge in [-0.15, -0.1) is 0 Å². The van der Waals surface area contributed by atoms with E-state index >= 15 is 0 Å². The third kappa shape index (κ3) is 4.45. The van der Waals surface area contributed by atoms with E-state index < -0.39 is 23.7 Å². The summed E-state index contributed by atoms with van der Waals surface area (Å²) >= 11 is 0. The molecule has 2 N–H and O–H groups in total. The van der Waals surface area contributed by atoms with Crippen LogP contribution in [0.2, 0.25) is 0 Å². The van der Waals surface area contributed by atoms with Gasteiger partial charge in [0.05, 0.1) is 11.3 Å². The highest BCUT2D eigenvalue weighted by Crippen LogP contribution is 2.39. The molecule has 0 spiro atoms. The van der Waals surface area contributed by atoms with Crippen LogP contribution in [0.25, 0.3) is 0 Å². The highest BCUT2D eigenvalue weighted by Gasteiger charge is 2.49. The van der Waals surface area contributed by atoms with Crippen LogP contribution in [0.4, 0.5) is 19.0 Å². The third-order valence-corrected chi connectivity index (χ3v) is 6.19. The summed E-state index contributed by atoms with van der Waals surface area (Å²) in [6.45, 7) is 1.89. The molecule has 170 valence electrons. The molecule has 1 unspecified atom stereocenters. The largest absolute Gasteiger partial charge is 0.409 e. The Morgan fingerprint density at radius 3 is 2.62 bits per heavy atom. The molecule has 7 nitrogen and oxygen atoms in total. The molecule has 10 heteroatoms. The van der Waals surface area contributed by atoms with Crippen LogP contribution in [-0.2, 0) is 10.2 Å². The predicted molar refractivity (Wildman–Crippen MR) is 112 cm³/mol. The molecule has 0 saturated heterocycles. The molecule has 4 rings (SSSR count). The number of nitrogens with zero attached hydrogens (tertiary/aromatic N) is 4. The lowest BCUT2D eigenvalue weighted by molar-refractivity contribution is -0.149. The van der Waals surface area contributed by atoms with E-state index in [9.17, 15) is 18.0 Å². The summed E-state index contributed by atoms with van der Waals surface area (Å²) in [6.07, 6.45) is 7.62. The quantitative estimate of drug-likeness (QED) is 0.733. The van der Waals surface area contributed by atoms with Gasteiger partial charge in [0.15, 0.2) is 11.9 Å². The summed E-state index contributed by atoms with van der Waals surface area (Å²) in [5.41, 5.74) is 3.05. The number of carbonyl (C=O) groups excluding carboxylic acids is 1. The molecule has 1 fully saturated rings. The number of hydrogen-bond acceptors (Lipinski definition) is 6. The highest BCUT2D eigenvalue weighted by molar-refractivity contribution is 5.96. The number of carbonyl (C=O) groups is 1. The zero-order valence-corrected chi connectivity index (χ0v) is 17.7. The number of aromatic nitrogens is 3. The van der Waals surface area contributed by atoms with Crippen molar-refractivity contribution >= 4 is 11.7 Å². The molecule has 1 aliphatic heterocycles. The van der Waals surface area contributed by atoms with Crippen molar-refractivity contribution in [3.8, 4) is 0 Å². The van der Waals surface area contributed by atoms with E-state index in [4.69, 9.17) is 0 Å². The average molecular weight is 446 g/mol. The van der Waals surface area contributed by atoms with Gasteiger partial charge in [-0.25, -0.2) is 10.4 Å². The van der Waals surface area contributed by atoms with Crippen molar-refractivity contribution < 1.29 is 18.0 Å². The number of rotatable bonds is 5. The predicted octanol–water partition coefficient (Wildman–Crippen LogP) is 3.34. The van der Waals surface area contributed by atoms with Gasteiger partial charge >= 0.3 is 6.18 Å². The van der Waals surface area contributed by atoms with Crippen molar-refractivity contribution in [2.75, 3.05) is 11.6 Å². The minimum absolute atomic E-state index is 0.212. The Bertz CT molecular complexity index is 989. The fourth-order valence-electron chi connectivity index (χ4n) is 4.48. The van der Waals surface area contributed by atoms with Gasteiger partial charge in [0, 0.05) is 42.9 Å². The van der Waals surface area contributed by atoms with Gasteiger partial charge in [-0.1, -0.05) is 25.3 Å². The van der Waals surface area contributed by atoms with Crippen LogP contribution < -0.4 is 15.8 Å². The first-order valence-corrected chi connectivity index (χ1v) is 10.6. The minimum atomic E-state index is -4.65. The number of hydrogen-bond donors (Lipinski definition) is 2. The van der Waals surface area contributed by atoms with Crippen molar-refractivity contribution in [3.63, 3.8) is 0 Å². The maximum absolute atomic E-state index is 13.7. The average Bonchev–Trinajstić information content (AvgIpc) is 3.25. The normalized spacial score (nSPS) is 20.7. The standard InChI is InChI=1S/C22H25F3N6O/c1-15-19(28-11-10-27-15)31-13-17(18(30-31)22(23,24)25)20(32)29-14-21(7-3-2-4-8-21)16-6-5-9-26-12-16/h5-6,9-13,18,30H,2-4,7-8,14H2,1H3,(H,29,32). The number of hydrazine groups is 1. The first kappa shape index (κ1) is 22.2. The van der Waals surface area contributed by atoms with E-state index in [2.05, 4.69) is 25.7 Å².